The summed E-state index contributed by atoms with van der Waals surface area (Å²) in [6.07, 6.45) is 1.27. The fraction of sp³-hybridized carbons (Fsp3) is 0.267. The molecule has 0 fully saturated rings. The van der Waals surface area contributed by atoms with Crippen LogP contribution >= 0.6 is 11.3 Å². The van der Waals surface area contributed by atoms with E-state index in [0.717, 1.165) is 11.3 Å². The average molecular weight is 278 g/mol. The van der Waals surface area contributed by atoms with Gasteiger partial charge in [-0.2, -0.15) is 0 Å². The standard InChI is InChI=1S/C15H15FO2S/c1-2-10-7-8-11(19-10)9-13(15(17)18)12-5-3-4-6-14(12)16/h3-8,13H,2,9H2,1H3,(H,17,18). The first-order valence-corrected chi connectivity index (χ1v) is 6.98. The molecule has 1 unspecified atom stereocenters. The van der Waals surface area contributed by atoms with Gasteiger partial charge in [-0.3, -0.25) is 4.79 Å². The lowest BCUT2D eigenvalue weighted by Gasteiger charge is -2.12. The molecule has 2 aromatic rings. The Hall–Kier alpha value is -1.68. The minimum atomic E-state index is -0.989. The van der Waals surface area contributed by atoms with E-state index in [1.807, 2.05) is 12.1 Å². The predicted molar refractivity (Wildman–Crippen MR) is 74.2 cm³/mol. The van der Waals surface area contributed by atoms with Crippen LogP contribution in [-0.2, 0) is 17.6 Å². The van der Waals surface area contributed by atoms with Gasteiger partial charge < -0.3 is 5.11 Å². The summed E-state index contributed by atoms with van der Waals surface area (Å²) in [6.45, 7) is 2.06. The molecule has 19 heavy (non-hydrogen) atoms. The van der Waals surface area contributed by atoms with Crippen LogP contribution < -0.4 is 0 Å². The first-order valence-electron chi connectivity index (χ1n) is 6.16. The van der Waals surface area contributed by atoms with Crippen molar-refractivity contribution in [2.24, 2.45) is 0 Å². The second-order valence-corrected chi connectivity index (χ2v) is 5.59. The molecular weight excluding hydrogens is 263 g/mol. The van der Waals surface area contributed by atoms with Crippen molar-refractivity contribution in [1.29, 1.82) is 0 Å². The highest BCUT2D eigenvalue weighted by atomic mass is 32.1. The first-order chi connectivity index (χ1) is 9.11. The molecule has 2 rings (SSSR count). The van der Waals surface area contributed by atoms with E-state index >= 15 is 0 Å². The topological polar surface area (TPSA) is 37.3 Å². The van der Waals surface area contributed by atoms with E-state index < -0.39 is 17.7 Å². The maximum Gasteiger partial charge on any atom is 0.311 e. The highest BCUT2D eigenvalue weighted by Gasteiger charge is 2.23. The second kappa shape index (κ2) is 5.97. The molecule has 0 radical (unpaired) electrons. The summed E-state index contributed by atoms with van der Waals surface area (Å²) in [5, 5.41) is 9.31. The van der Waals surface area contributed by atoms with Crippen molar-refractivity contribution in [3.8, 4) is 0 Å². The summed E-state index contributed by atoms with van der Waals surface area (Å²) in [5.74, 6) is -2.27. The third kappa shape index (κ3) is 3.20. The highest BCUT2D eigenvalue weighted by Crippen LogP contribution is 2.27. The Morgan fingerprint density at radius 1 is 1.26 bits per heavy atom. The van der Waals surface area contributed by atoms with Gasteiger partial charge >= 0.3 is 5.97 Å². The molecule has 0 bridgehead atoms. The van der Waals surface area contributed by atoms with Gasteiger partial charge in [-0.25, -0.2) is 4.39 Å². The fourth-order valence-corrected chi connectivity index (χ4v) is 3.01. The first kappa shape index (κ1) is 13.7. The van der Waals surface area contributed by atoms with Gasteiger partial charge in [-0.1, -0.05) is 25.1 Å². The van der Waals surface area contributed by atoms with Crippen molar-refractivity contribution < 1.29 is 14.3 Å². The van der Waals surface area contributed by atoms with E-state index in [-0.39, 0.29) is 5.56 Å². The number of carbonyl (C=O) groups is 1. The van der Waals surface area contributed by atoms with Crippen LogP contribution in [0.2, 0.25) is 0 Å². The lowest BCUT2D eigenvalue weighted by atomic mass is 9.94. The Balaban J connectivity index is 2.26. The molecule has 0 aliphatic heterocycles. The molecule has 4 heteroatoms. The van der Waals surface area contributed by atoms with Crippen molar-refractivity contribution in [2.75, 3.05) is 0 Å². The number of aliphatic carboxylic acids is 1. The maximum atomic E-state index is 13.7. The summed E-state index contributed by atoms with van der Waals surface area (Å²) in [4.78, 5) is 13.6. The zero-order valence-electron chi connectivity index (χ0n) is 10.6. The smallest absolute Gasteiger partial charge is 0.311 e. The van der Waals surface area contributed by atoms with E-state index in [2.05, 4.69) is 6.92 Å². The third-order valence-electron chi connectivity index (χ3n) is 3.05. The predicted octanol–water partition coefficient (Wildman–Crippen LogP) is 3.86. The SMILES string of the molecule is CCc1ccc(CC(C(=O)O)c2ccccc2F)s1. The third-order valence-corrected chi connectivity index (χ3v) is 4.30. The Kier molecular flexibility index (Phi) is 4.32. The van der Waals surface area contributed by atoms with Crippen LogP contribution in [0, 0.1) is 5.82 Å². The molecular formula is C15H15FO2S. The molecule has 0 saturated heterocycles. The molecule has 0 saturated carbocycles. The van der Waals surface area contributed by atoms with Gasteiger partial charge in [0.1, 0.15) is 5.82 Å². The number of thiophene rings is 1. The van der Waals surface area contributed by atoms with Gasteiger partial charge in [0.25, 0.3) is 0 Å². The molecule has 0 aliphatic carbocycles. The number of hydrogen-bond donors (Lipinski definition) is 1. The molecule has 1 aromatic carbocycles. The van der Waals surface area contributed by atoms with Crippen LogP contribution in [0.5, 0.6) is 0 Å². The normalized spacial score (nSPS) is 12.3. The minimum Gasteiger partial charge on any atom is -0.481 e. The molecule has 1 heterocycles. The quantitative estimate of drug-likeness (QED) is 0.901. The number of halogens is 1. The highest BCUT2D eigenvalue weighted by molar-refractivity contribution is 7.12. The van der Waals surface area contributed by atoms with E-state index in [4.69, 9.17) is 0 Å². The number of rotatable bonds is 5. The Morgan fingerprint density at radius 2 is 1.95 bits per heavy atom. The lowest BCUT2D eigenvalue weighted by molar-refractivity contribution is -0.138. The van der Waals surface area contributed by atoms with Crippen LogP contribution in [0.3, 0.4) is 0 Å². The molecule has 0 spiro atoms. The molecule has 2 nitrogen and oxygen atoms in total. The minimum absolute atomic E-state index is 0.251. The zero-order chi connectivity index (χ0) is 13.8. The summed E-state index contributed by atoms with van der Waals surface area (Å²) in [7, 11) is 0. The van der Waals surface area contributed by atoms with Gasteiger partial charge in [-0.05, 0) is 31.0 Å². The van der Waals surface area contributed by atoms with Crippen molar-refractivity contribution in [2.45, 2.75) is 25.7 Å². The zero-order valence-corrected chi connectivity index (χ0v) is 11.4. The number of carboxylic acids is 1. The van der Waals surface area contributed by atoms with Gasteiger partial charge in [0.05, 0.1) is 5.92 Å². The summed E-state index contributed by atoms with van der Waals surface area (Å²) in [6, 6.07) is 10.0. The lowest BCUT2D eigenvalue weighted by Crippen LogP contribution is -2.15. The van der Waals surface area contributed by atoms with Gasteiger partial charge in [-0.15, -0.1) is 11.3 Å². The monoisotopic (exact) mass is 278 g/mol. The van der Waals surface area contributed by atoms with E-state index in [1.165, 1.54) is 10.9 Å². The van der Waals surface area contributed by atoms with Crippen molar-refractivity contribution in [3.05, 3.63) is 57.5 Å². The molecule has 0 amide bonds. The van der Waals surface area contributed by atoms with Crippen LogP contribution in [-0.4, -0.2) is 11.1 Å². The largest absolute Gasteiger partial charge is 0.481 e. The number of aryl methyl sites for hydroxylation is 1. The van der Waals surface area contributed by atoms with Gasteiger partial charge in [0.2, 0.25) is 0 Å². The number of benzene rings is 1. The Bertz CT molecular complexity index is 577. The summed E-state index contributed by atoms with van der Waals surface area (Å²) >= 11 is 1.59. The molecule has 1 N–H and O–H groups in total. The summed E-state index contributed by atoms with van der Waals surface area (Å²) < 4.78 is 13.7. The van der Waals surface area contributed by atoms with E-state index in [0.29, 0.717) is 6.42 Å². The van der Waals surface area contributed by atoms with E-state index in [9.17, 15) is 14.3 Å². The second-order valence-electron chi connectivity index (χ2n) is 4.34. The molecule has 1 aromatic heterocycles. The van der Waals surface area contributed by atoms with Crippen LogP contribution in [0.1, 0.15) is 28.2 Å². The van der Waals surface area contributed by atoms with Crippen LogP contribution in [0.25, 0.3) is 0 Å². The average Bonchev–Trinajstić information content (AvgIpc) is 2.84. The van der Waals surface area contributed by atoms with Gasteiger partial charge in [0.15, 0.2) is 0 Å². The Morgan fingerprint density at radius 3 is 2.53 bits per heavy atom. The maximum absolute atomic E-state index is 13.7. The Labute approximate surface area is 115 Å². The molecule has 100 valence electrons. The summed E-state index contributed by atoms with van der Waals surface area (Å²) in [5.41, 5.74) is 0.251. The van der Waals surface area contributed by atoms with Crippen LogP contribution in [0.4, 0.5) is 4.39 Å². The van der Waals surface area contributed by atoms with Crippen LogP contribution in [0.15, 0.2) is 36.4 Å². The fourth-order valence-electron chi connectivity index (χ4n) is 2.01. The van der Waals surface area contributed by atoms with Crippen molar-refractivity contribution in [3.63, 3.8) is 0 Å². The number of carboxylic acid groups (broad SMARTS) is 1. The van der Waals surface area contributed by atoms with E-state index in [1.54, 1.807) is 29.5 Å². The number of hydrogen-bond acceptors (Lipinski definition) is 2. The van der Waals surface area contributed by atoms with Crippen molar-refractivity contribution >= 4 is 17.3 Å². The molecule has 1 atom stereocenters. The molecule has 0 aliphatic rings. The van der Waals surface area contributed by atoms with Crippen molar-refractivity contribution in [1.82, 2.24) is 0 Å². The van der Waals surface area contributed by atoms with Gasteiger partial charge in [0, 0.05) is 15.3 Å².